The Morgan fingerprint density at radius 3 is 2.46 bits per heavy atom. The van der Waals surface area contributed by atoms with Crippen molar-refractivity contribution in [1.29, 1.82) is 0 Å². The summed E-state index contributed by atoms with van der Waals surface area (Å²) < 4.78 is 10.7. The summed E-state index contributed by atoms with van der Waals surface area (Å²) in [5.41, 5.74) is 3.32. The average molecular weight is 531 g/mol. The molecule has 4 N–H and O–H groups in total. The van der Waals surface area contributed by atoms with E-state index in [4.69, 9.17) is 9.47 Å². The second-order valence-electron chi connectivity index (χ2n) is 9.70. The number of aromatic amines is 1. The number of ether oxygens (including phenoxy) is 2. The van der Waals surface area contributed by atoms with Crippen LogP contribution in [0.4, 0.5) is 16.2 Å². The number of nitrogens with one attached hydrogen (secondary N) is 4. The number of carbonyl (C=O) groups excluding carboxylic acids is 3. The molecule has 2 aromatic heterocycles. The van der Waals surface area contributed by atoms with Crippen molar-refractivity contribution in [3.63, 3.8) is 0 Å². The molecule has 2 heterocycles. The molecule has 0 fully saturated rings. The number of methoxy groups -OCH3 is 1. The molecule has 0 aliphatic carbocycles. The molecular weight excluding hydrogens is 500 g/mol. The molecule has 2 aromatic carbocycles. The van der Waals surface area contributed by atoms with Gasteiger partial charge in [-0.3, -0.25) is 20.0 Å². The van der Waals surface area contributed by atoms with Crippen molar-refractivity contribution in [2.75, 3.05) is 24.8 Å². The highest BCUT2D eigenvalue weighted by molar-refractivity contribution is 6.05. The second-order valence-corrected chi connectivity index (χ2v) is 9.70. The van der Waals surface area contributed by atoms with E-state index in [0.29, 0.717) is 33.5 Å². The smallest absolute Gasteiger partial charge is 0.412 e. The van der Waals surface area contributed by atoms with Gasteiger partial charge in [-0.25, -0.2) is 9.78 Å². The Morgan fingerprint density at radius 1 is 0.974 bits per heavy atom. The second kappa shape index (κ2) is 11.2. The van der Waals surface area contributed by atoms with Crippen molar-refractivity contribution in [2.24, 2.45) is 0 Å². The highest BCUT2D eigenvalue weighted by atomic mass is 16.6. The lowest BCUT2D eigenvalue weighted by molar-refractivity contribution is -0.115. The molecule has 0 bridgehead atoms. The lowest BCUT2D eigenvalue weighted by Crippen LogP contribution is -2.27. The van der Waals surface area contributed by atoms with Crippen LogP contribution < -0.4 is 20.7 Å². The van der Waals surface area contributed by atoms with Crippen LogP contribution in [0.5, 0.6) is 5.88 Å². The first-order valence-electron chi connectivity index (χ1n) is 12.2. The van der Waals surface area contributed by atoms with E-state index in [-0.39, 0.29) is 24.1 Å². The minimum absolute atomic E-state index is 0.0122. The van der Waals surface area contributed by atoms with E-state index in [2.05, 4.69) is 31.1 Å². The van der Waals surface area contributed by atoms with E-state index < -0.39 is 11.7 Å². The molecule has 0 radical (unpaired) electrons. The Labute approximate surface area is 225 Å². The Bertz CT molecular complexity index is 1540. The molecule has 0 spiro atoms. The lowest BCUT2D eigenvalue weighted by atomic mass is 10.0. The maximum Gasteiger partial charge on any atom is 0.412 e. The number of amides is 3. The number of aromatic nitrogens is 3. The number of anilines is 2. The number of rotatable bonds is 7. The van der Waals surface area contributed by atoms with Crippen LogP contribution in [0.15, 0.2) is 54.7 Å². The number of hydrogen-bond acceptors (Lipinski definition) is 7. The molecule has 0 unspecified atom stereocenters. The predicted molar refractivity (Wildman–Crippen MR) is 148 cm³/mol. The summed E-state index contributed by atoms with van der Waals surface area (Å²) in [6.07, 6.45) is 1.01. The average Bonchev–Trinajstić information content (AvgIpc) is 3.31. The molecule has 4 rings (SSSR count). The quantitative estimate of drug-likeness (QED) is 0.275. The van der Waals surface area contributed by atoms with Crippen LogP contribution in [0.3, 0.4) is 0 Å². The monoisotopic (exact) mass is 530 g/mol. The number of benzene rings is 2. The first kappa shape index (κ1) is 27.1. The summed E-state index contributed by atoms with van der Waals surface area (Å²) in [6.45, 7) is 5.32. The summed E-state index contributed by atoms with van der Waals surface area (Å²) >= 11 is 0. The third kappa shape index (κ3) is 6.50. The van der Waals surface area contributed by atoms with E-state index in [9.17, 15) is 14.4 Å². The van der Waals surface area contributed by atoms with Gasteiger partial charge >= 0.3 is 6.09 Å². The number of pyridine rings is 1. The SMILES string of the molecule is CNC(=O)c1n[nH]c2cc(-c3cnc(OC)c(NC(=O)Cc4ccccc4NC(=O)OC(C)(C)C)c3)ccc12. The van der Waals surface area contributed by atoms with Crippen LogP contribution in [0.2, 0.25) is 0 Å². The van der Waals surface area contributed by atoms with Crippen LogP contribution in [-0.4, -0.2) is 52.8 Å². The van der Waals surface area contributed by atoms with Gasteiger partial charge in [0.25, 0.3) is 5.91 Å². The molecule has 4 aromatic rings. The van der Waals surface area contributed by atoms with Crippen molar-refractivity contribution < 1.29 is 23.9 Å². The summed E-state index contributed by atoms with van der Waals surface area (Å²) in [6, 6.07) is 14.3. The molecule has 0 saturated heterocycles. The van der Waals surface area contributed by atoms with E-state index in [1.807, 2.05) is 12.1 Å². The van der Waals surface area contributed by atoms with Crippen molar-refractivity contribution in [1.82, 2.24) is 20.5 Å². The van der Waals surface area contributed by atoms with Gasteiger partial charge in [-0.05, 0) is 56.2 Å². The van der Waals surface area contributed by atoms with Gasteiger partial charge in [-0.15, -0.1) is 0 Å². The minimum atomic E-state index is -0.653. The van der Waals surface area contributed by atoms with Gasteiger partial charge < -0.3 is 20.1 Å². The first-order chi connectivity index (χ1) is 18.6. The number of carbonyl (C=O) groups is 3. The van der Waals surface area contributed by atoms with Crippen LogP contribution in [-0.2, 0) is 16.0 Å². The van der Waals surface area contributed by atoms with Gasteiger partial charge in [0.15, 0.2) is 5.69 Å². The Morgan fingerprint density at radius 2 is 1.74 bits per heavy atom. The standard InChI is InChI=1S/C28H30N6O5/c1-28(2,3)39-27(37)32-20-9-7-6-8-17(20)14-23(35)31-22-13-18(15-30-26(22)38-5)16-10-11-19-21(12-16)33-34-24(19)25(36)29-4/h6-13,15H,14H2,1-5H3,(H,29,36)(H,31,35)(H,32,37)(H,33,34). The highest BCUT2D eigenvalue weighted by Gasteiger charge is 2.19. The molecule has 202 valence electrons. The van der Waals surface area contributed by atoms with Gasteiger partial charge in [0.1, 0.15) is 11.3 Å². The molecule has 0 aliphatic rings. The number of para-hydroxylation sites is 1. The molecule has 0 atom stereocenters. The lowest BCUT2D eigenvalue weighted by Gasteiger charge is -2.20. The summed E-state index contributed by atoms with van der Waals surface area (Å²) in [4.78, 5) is 41.7. The molecule has 11 heteroatoms. The molecule has 3 amide bonds. The van der Waals surface area contributed by atoms with E-state index in [0.717, 1.165) is 11.1 Å². The third-order valence-corrected chi connectivity index (χ3v) is 5.66. The number of hydrogen-bond donors (Lipinski definition) is 4. The zero-order valence-electron chi connectivity index (χ0n) is 22.3. The number of H-pyrrole nitrogens is 1. The fourth-order valence-corrected chi connectivity index (χ4v) is 3.93. The van der Waals surface area contributed by atoms with Crippen molar-refractivity contribution in [2.45, 2.75) is 32.8 Å². The van der Waals surface area contributed by atoms with Crippen molar-refractivity contribution >= 4 is 40.2 Å². The van der Waals surface area contributed by atoms with Crippen LogP contribution in [0.1, 0.15) is 36.8 Å². The Balaban J connectivity index is 1.54. The van der Waals surface area contributed by atoms with Crippen LogP contribution in [0, 0.1) is 0 Å². The Kier molecular flexibility index (Phi) is 7.80. The van der Waals surface area contributed by atoms with Crippen LogP contribution in [0.25, 0.3) is 22.0 Å². The normalized spacial score (nSPS) is 11.1. The van der Waals surface area contributed by atoms with Gasteiger partial charge in [0.05, 0.1) is 19.0 Å². The molecule has 11 nitrogen and oxygen atoms in total. The summed E-state index contributed by atoms with van der Waals surface area (Å²) in [5.74, 6) is -0.366. The van der Waals surface area contributed by atoms with Gasteiger partial charge in [0, 0.05) is 29.9 Å². The molecule has 0 saturated carbocycles. The molecular formula is C28H30N6O5. The van der Waals surface area contributed by atoms with Crippen LogP contribution >= 0.6 is 0 Å². The Hall–Kier alpha value is -4.93. The van der Waals surface area contributed by atoms with E-state index >= 15 is 0 Å². The maximum atomic E-state index is 13.0. The number of fused-ring (bicyclic) bond motifs is 1. The zero-order chi connectivity index (χ0) is 28.2. The first-order valence-corrected chi connectivity index (χ1v) is 12.2. The largest absolute Gasteiger partial charge is 0.480 e. The summed E-state index contributed by atoms with van der Waals surface area (Å²) in [7, 11) is 3.01. The third-order valence-electron chi connectivity index (χ3n) is 5.66. The fourth-order valence-electron chi connectivity index (χ4n) is 3.93. The van der Waals surface area contributed by atoms with Gasteiger partial charge in [0.2, 0.25) is 11.8 Å². The van der Waals surface area contributed by atoms with Gasteiger partial charge in [-0.2, -0.15) is 5.10 Å². The number of nitrogens with zero attached hydrogens (tertiary/aromatic N) is 2. The van der Waals surface area contributed by atoms with Crippen molar-refractivity contribution in [3.05, 3.63) is 66.0 Å². The predicted octanol–water partition coefficient (Wildman–Crippen LogP) is 4.52. The topological polar surface area (TPSA) is 147 Å². The van der Waals surface area contributed by atoms with E-state index in [1.165, 1.54) is 7.11 Å². The molecule has 0 aliphatic heterocycles. The molecule has 39 heavy (non-hydrogen) atoms. The van der Waals surface area contributed by atoms with Crippen molar-refractivity contribution in [3.8, 4) is 17.0 Å². The van der Waals surface area contributed by atoms with Gasteiger partial charge in [-0.1, -0.05) is 24.3 Å². The fraction of sp³-hybridized carbons (Fsp3) is 0.250. The maximum absolute atomic E-state index is 13.0. The van der Waals surface area contributed by atoms with E-state index in [1.54, 1.807) is 70.4 Å². The summed E-state index contributed by atoms with van der Waals surface area (Å²) in [5, 5.41) is 15.8. The zero-order valence-corrected chi connectivity index (χ0v) is 22.3. The highest BCUT2D eigenvalue weighted by Crippen LogP contribution is 2.31. The minimum Gasteiger partial charge on any atom is -0.480 e.